The zero-order valence-corrected chi connectivity index (χ0v) is 12.9. The van der Waals surface area contributed by atoms with Crippen molar-refractivity contribution in [2.75, 3.05) is 6.54 Å². The summed E-state index contributed by atoms with van der Waals surface area (Å²) < 4.78 is 5.35. The lowest BCUT2D eigenvalue weighted by atomic mass is 9.99. The van der Waals surface area contributed by atoms with Gasteiger partial charge in [0.15, 0.2) is 0 Å². The van der Waals surface area contributed by atoms with Crippen molar-refractivity contribution in [3.8, 4) is 0 Å². The van der Waals surface area contributed by atoms with E-state index in [1.54, 1.807) is 12.1 Å². The van der Waals surface area contributed by atoms with Crippen LogP contribution in [0.5, 0.6) is 0 Å². The molecule has 2 aromatic rings. The smallest absolute Gasteiger partial charge is 0.251 e. The molecule has 1 atom stereocenters. The summed E-state index contributed by atoms with van der Waals surface area (Å²) in [6, 6.07) is 7.46. The molecule has 2 rings (SSSR count). The molecule has 0 fully saturated rings. The third kappa shape index (κ3) is 3.52. The first-order chi connectivity index (χ1) is 9.88. The van der Waals surface area contributed by atoms with Gasteiger partial charge in [0, 0.05) is 5.56 Å². The first-order valence-electron chi connectivity index (χ1n) is 6.99. The highest BCUT2D eigenvalue weighted by atomic mass is 16.4. The van der Waals surface area contributed by atoms with E-state index in [1.165, 1.54) is 0 Å². The van der Waals surface area contributed by atoms with Crippen LogP contribution in [0, 0.1) is 27.7 Å². The van der Waals surface area contributed by atoms with E-state index in [-0.39, 0.29) is 12.5 Å². The normalized spacial score (nSPS) is 12.2. The average Bonchev–Trinajstić information content (AvgIpc) is 2.81. The Labute approximate surface area is 124 Å². The van der Waals surface area contributed by atoms with Crippen molar-refractivity contribution in [2.24, 2.45) is 0 Å². The van der Waals surface area contributed by atoms with Gasteiger partial charge < -0.3 is 14.8 Å². The van der Waals surface area contributed by atoms with Crippen LogP contribution in [0.4, 0.5) is 0 Å². The van der Waals surface area contributed by atoms with Crippen molar-refractivity contribution >= 4 is 5.91 Å². The average molecular weight is 287 g/mol. The molecule has 4 nitrogen and oxygen atoms in total. The van der Waals surface area contributed by atoms with Crippen LogP contribution in [0.2, 0.25) is 0 Å². The number of carbonyl (C=O) groups is 1. The van der Waals surface area contributed by atoms with Gasteiger partial charge in [0.05, 0.1) is 6.54 Å². The topological polar surface area (TPSA) is 62.5 Å². The van der Waals surface area contributed by atoms with Gasteiger partial charge in [0.25, 0.3) is 5.91 Å². The van der Waals surface area contributed by atoms with E-state index in [2.05, 4.69) is 5.32 Å². The molecule has 21 heavy (non-hydrogen) atoms. The van der Waals surface area contributed by atoms with Crippen molar-refractivity contribution in [3.63, 3.8) is 0 Å². The summed E-state index contributed by atoms with van der Waals surface area (Å²) in [5.74, 6) is 1.03. The molecule has 0 saturated heterocycles. The summed E-state index contributed by atoms with van der Waals surface area (Å²) in [6.45, 7) is 7.78. The lowest BCUT2D eigenvalue weighted by Crippen LogP contribution is -2.29. The van der Waals surface area contributed by atoms with E-state index in [9.17, 15) is 9.90 Å². The van der Waals surface area contributed by atoms with Crippen LogP contribution in [-0.4, -0.2) is 17.6 Å². The van der Waals surface area contributed by atoms with E-state index in [0.29, 0.717) is 11.3 Å². The van der Waals surface area contributed by atoms with Crippen molar-refractivity contribution in [1.29, 1.82) is 0 Å². The van der Waals surface area contributed by atoms with E-state index in [4.69, 9.17) is 4.42 Å². The fourth-order valence-corrected chi connectivity index (χ4v) is 2.55. The minimum Gasteiger partial charge on any atom is -0.464 e. The predicted octanol–water partition coefficient (Wildman–Crippen LogP) is 2.98. The Morgan fingerprint density at radius 2 is 1.81 bits per heavy atom. The summed E-state index contributed by atoms with van der Waals surface area (Å²) in [5.41, 5.74) is 3.68. The Morgan fingerprint density at radius 1 is 1.19 bits per heavy atom. The monoisotopic (exact) mass is 287 g/mol. The Bertz CT molecular complexity index is 635. The van der Waals surface area contributed by atoms with Gasteiger partial charge in [-0.3, -0.25) is 4.79 Å². The molecule has 1 aromatic carbocycles. The fourth-order valence-electron chi connectivity index (χ4n) is 2.55. The summed E-state index contributed by atoms with van der Waals surface area (Å²) in [4.78, 5) is 12.3. The lowest BCUT2D eigenvalue weighted by Gasteiger charge is -2.13. The van der Waals surface area contributed by atoms with Crippen molar-refractivity contribution in [1.82, 2.24) is 5.32 Å². The maximum atomic E-state index is 12.3. The van der Waals surface area contributed by atoms with Gasteiger partial charge in [-0.15, -0.1) is 0 Å². The predicted molar refractivity (Wildman–Crippen MR) is 81.4 cm³/mol. The Balaban J connectivity index is 2.05. The second kappa shape index (κ2) is 6.14. The summed E-state index contributed by atoms with van der Waals surface area (Å²) in [7, 11) is 0. The number of carbonyl (C=O) groups excluding carboxylic acids is 1. The number of aliphatic hydroxyl groups is 1. The van der Waals surface area contributed by atoms with Crippen LogP contribution >= 0.6 is 0 Å². The maximum Gasteiger partial charge on any atom is 0.251 e. The maximum absolute atomic E-state index is 12.3. The highest BCUT2D eigenvalue weighted by Crippen LogP contribution is 2.18. The SMILES string of the molecule is Cc1cc(C)c(C(=O)NCC(O)c2ccc(C)o2)c(C)c1. The Kier molecular flexibility index (Phi) is 4.48. The van der Waals surface area contributed by atoms with Crippen molar-refractivity contribution < 1.29 is 14.3 Å². The molecule has 2 N–H and O–H groups in total. The standard InChI is InChI=1S/C17H21NO3/c1-10-7-11(2)16(12(3)8-10)17(20)18-9-14(19)15-6-5-13(4)21-15/h5-8,14,19H,9H2,1-4H3,(H,18,20). The Morgan fingerprint density at radius 3 is 2.33 bits per heavy atom. The molecule has 1 heterocycles. The third-order valence-electron chi connectivity index (χ3n) is 3.45. The number of hydrogen-bond donors (Lipinski definition) is 2. The molecule has 1 amide bonds. The van der Waals surface area contributed by atoms with Gasteiger partial charge in [-0.25, -0.2) is 0 Å². The van der Waals surface area contributed by atoms with Gasteiger partial charge in [-0.2, -0.15) is 0 Å². The number of rotatable bonds is 4. The number of aryl methyl sites for hydroxylation is 4. The zero-order chi connectivity index (χ0) is 15.6. The second-order valence-electron chi connectivity index (χ2n) is 5.45. The first-order valence-corrected chi connectivity index (χ1v) is 6.99. The minimum atomic E-state index is -0.839. The molecular weight excluding hydrogens is 266 g/mol. The molecule has 1 unspecified atom stereocenters. The number of hydrogen-bond acceptors (Lipinski definition) is 3. The molecule has 0 aliphatic rings. The van der Waals surface area contributed by atoms with Gasteiger partial charge in [-0.05, 0) is 51.0 Å². The molecule has 112 valence electrons. The summed E-state index contributed by atoms with van der Waals surface area (Å²) in [6.07, 6.45) is -0.839. The summed E-state index contributed by atoms with van der Waals surface area (Å²) >= 11 is 0. The van der Waals surface area contributed by atoms with Gasteiger partial charge >= 0.3 is 0 Å². The highest BCUT2D eigenvalue weighted by molar-refractivity contribution is 5.97. The first kappa shape index (κ1) is 15.3. The fraction of sp³-hybridized carbons (Fsp3) is 0.353. The zero-order valence-electron chi connectivity index (χ0n) is 12.9. The molecule has 0 spiro atoms. The molecule has 0 radical (unpaired) electrons. The number of amides is 1. The minimum absolute atomic E-state index is 0.124. The molecule has 0 aliphatic heterocycles. The number of aliphatic hydroxyl groups excluding tert-OH is 1. The molecule has 1 aromatic heterocycles. The van der Waals surface area contributed by atoms with Crippen molar-refractivity contribution in [3.05, 3.63) is 58.0 Å². The van der Waals surface area contributed by atoms with Crippen LogP contribution in [0.25, 0.3) is 0 Å². The van der Waals surface area contributed by atoms with Crippen LogP contribution in [0.3, 0.4) is 0 Å². The Hall–Kier alpha value is -2.07. The molecular formula is C17H21NO3. The molecule has 0 bridgehead atoms. The quantitative estimate of drug-likeness (QED) is 0.908. The van der Waals surface area contributed by atoms with Gasteiger partial charge in [0.2, 0.25) is 0 Å². The van der Waals surface area contributed by atoms with E-state index in [1.807, 2.05) is 39.8 Å². The number of nitrogens with one attached hydrogen (secondary N) is 1. The van der Waals surface area contributed by atoms with Crippen molar-refractivity contribution in [2.45, 2.75) is 33.8 Å². The molecule has 4 heteroatoms. The van der Waals surface area contributed by atoms with E-state index in [0.717, 1.165) is 22.5 Å². The largest absolute Gasteiger partial charge is 0.464 e. The number of benzene rings is 1. The van der Waals surface area contributed by atoms with Crippen LogP contribution < -0.4 is 5.32 Å². The molecule has 0 aliphatic carbocycles. The van der Waals surface area contributed by atoms with E-state index >= 15 is 0 Å². The van der Waals surface area contributed by atoms with Crippen LogP contribution in [-0.2, 0) is 0 Å². The van der Waals surface area contributed by atoms with Gasteiger partial charge in [0.1, 0.15) is 17.6 Å². The van der Waals surface area contributed by atoms with Crippen LogP contribution in [0.1, 0.15) is 44.7 Å². The van der Waals surface area contributed by atoms with E-state index < -0.39 is 6.10 Å². The molecule has 0 saturated carbocycles. The number of furan rings is 1. The lowest BCUT2D eigenvalue weighted by molar-refractivity contribution is 0.0899. The summed E-state index contributed by atoms with van der Waals surface area (Å²) in [5, 5.41) is 12.8. The van der Waals surface area contributed by atoms with Gasteiger partial charge in [-0.1, -0.05) is 17.7 Å². The van der Waals surface area contributed by atoms with Crippen LogP contribution in [0.15, 0.2) is 28.7 Å². The second-order valence-corrected chi connectivity index (χ2v) is 5.45. The highest BCUT2D eigenvalue weighted by Gasteiger charge is 2.16. The third-order valence-corrected chi connectivity index (χ3v) is 3.45.